The van der Waals surface area contributed by atoms with Crippen LogP contribution in [0.1, 0.15) is 18.4 Å². The maximum Gasteiger partial charge on any atom is 0.128 e. The SMILES string of the molecule is FOCc1ccccc1F.OC1CCC=C[C@H]1O. The Morgan fingerprint density at radius 1 is 1.28 bits per heavy atom. The summed E-state index contributed by atoms with van der Waals surface area (Å²) in [6, 6.07) is 5.89. The minimum absolute atomic E-state index is 0.227. The van der Waals surface area contributed by atoms with Crippen molar-refractivity contribution in [3.05, 3.63) is 47.8 Å². The molecule has 2 rings (SSSR count). The van der Waals surface area contributed by atoms with E-state index in [0.717, 1.165) is 6.42 Å². The van der Waals surface area contributed by atoms with E-state index in [1.54, 1.807) is 12.1 Å². The zero-order chi connectivity index (χ0) is 13.4. The van der Waals surface area contributed by atoms with Crippen molar-refractivity contribution in [1.82, 2.24) is 0 Å². The minimum Gasteiger partial charge on any atom is -0.390 e. The van der Waals surface area contributed by atoms with Crippen LogP contribution in [-0.4, -0.2) is 22.4 Å². The maximum atomic E-state index is 12.5. The van der Waals surface area contributed by atoms with Gasteiger partial charge < -0.3 is 10.2 Å². The van der Waals surface area contributed by atoms with E-state index in [9.17, 15) is 8.92 Å². The quantitative estimate of drug-likeness (QED) is 0.800. The average molecular weight is 258 g/mol. The Kier molecular flexibility index (Phi) is 6.49. The highest BCUT2D eigenvalue weighted by atomic mass is 19.3. The fraction of sp³-hybridized carbons (Fsp3) is 0.385. The van der Waals surface area contributed by atoms with Gasteiger partial charge in [-0.25, -0.2) is 4.39 Å². The van der Waals surface area contributed by atoms with E-state index in [1.807, 2.05) is 6.08 Å². The van der Waals surface area contributed by atoms with E-state index in [0.29, 0.717) is 6.42 Å². The van der Waals surface area contributed by atoms with Crippen LogP contribution in [0.25, 0.3) is 0 Å². The van der Waals surface area contributed by atoms with Gasteiger partial charge in [-0.05, 0) is 23.4 Å². The van der Waals surface area contributed by atoms with Crippen LogP contribution >= 0.6 is 0 Å². The number of allylic oxidation sites excluding steroid dienone is 1. The number of hydrogen-bond donors (Lipinski definition) is 2. The van der Waals surface area contributed by atoms with Crippen LogP contribution in [0.4, 0.5) is 8.92 Å². The predicted octanol–water partition coefficient (Wildman–Crippen LogP) is 2.29. The van der Waals surface area contributed by atoms with E-state index in [4.69, 9.17) is 10.2 Å². The molecule has 0 spiro atoms. The number of rotatable bonds is 2. The first-order valence-corrected chi connectivity index (χ1v) is 5.65. The van der Waals surface area contributed by atoms with E-state index >= 15 is 0 Å². The van der Waals surface area contributed by atoms with Crippen molar-refractivity contribution in [3.8, 4) is 0 Å². The molecule has 0 saturated heterocycles. The van der Waals surface area contributed by atoms with Gasteiger partial charge in [0.25, 0.3) is 0 Å². The number of halogens is 2. The second-order valence-corrected chi connectivity index (χ2v) is 3.91. The van der Waals surface area contributed by atoms with Gasteiger partial charge in [0, 0.05) is 5.56 Å². The molecule has 0 aromatic heterocycles. The van der Waals surface area contributed by atoms with E-state index in [2.05, 4.69) is 4.94 Å². The molecule has 0 fully saturated rings. The predicted molar refractivity (Wildman–Crippen MR) is 62.7 cm³/mol. The van der Waals surface area contributed by atoms with Crippen LogP contribution in [0.15, 0.2) is 36.4 Å². The van der Waals surface area contributed by atoms with Crippen LogP contribution in [0.3, 0.4) is 0 Å². The smallest absolute Gasteiger partial charge is 0.128 e. The highest BCUT2D eigenvalue weighted by Crippen LogP contribution is 2.10. The third-order valence-corrected chi connectivity index (χ3v) is 2.52. The lowest BCUT2D eigenvalue weighted by atomic mass is 10.0. The molecular weight excluding hydrogens is 242 g/mol. The molecule has 2 N–H and O–H groups in total. The average Bonchev–Trinajstić information content (AvgIpc) is 2.37. The third kappa shape index (κ3) is 4.91. The molecule has 100 valence electrons. The summed E-state index contributed by atoms with van der Waals surface area (Å²) in [6.07, 6.45) is 3.95. The highest BCUT2D eigenvalue weighted by molar-refractivity contribution is 5.15. The summed E-state index contributed by atoms with van der Waals surface area (Å²) < 4.78 is 23.7. The first kappa shape index (κ1) is 14.8. The number of aliphatic hydroxyl groups is 2. The third-order valence-electron chi connectivity index (χ3n) is 2.52. The number of benzene rings is 1. The summed E-state index contributed by atoms with van der Waals surface area (Å²) in [5.74, 6) is -0.444. The fourth-order valence-corrected chi connectivity index (χ4v) is 1.48. The second kappa shape index (κ2) is 7.92. The molecule has 0 saturated carbocycles. The monoisotopic (exact) mass is 258 g/mol. The van der Waals surface area contributed by atoms with Gasteiger partial charge >= 0.3 is 0 Å². The summed E-state index contributed by atoms with van der Waals surface area (Å²) in [7, 11) is 0. The van der Waals surface area contributed by atoms with Crippen LogP contribution < -0.4 is 0 Å². The second-order valence-electron chi connectivity index (χ2n) is 3.91. The molecule has 3 nitrogen and oxygen atoms in total. The van der Waals surface area contributed by atoms with Crippen molar-refractivity contribution in [1.29, 1.82) is 0 Å². The van der Waals surface area contributed by atoms with Crippen LogP contribution in [-0.2, 0) is 11.5 Å². The van der Waals surface area contributed by atoms with Crippen molar-refractivity contribution in [3.63, 3.8) is 0 Å². The molecule has 18 heavy (non-hydrogen) atoms. The molecule has 1 aromatic rings. The van der Waals surface area contributed by atoms with E-state index in [-0.39, 0.29) is 12.2 Å². The van der Waals surface area contributed by atoms with Crippen molar-refractivity contribution in [2.45, 2.75) is 31.7 Å². The normalized spacial score (nSPS) is 22.2. The Morgan fingerprint density at radius 2 is 2.00 bits per heavy atom. The molecule has 0 amide bonds. The summed E-state index contributed by atoms with van der Waals surface area (Å²) >= 11 is 0. The molecule has 5 heteroatoms. The lowest BCUT2D eigenvalue weighted by Crippen LogP contribution is -2.25. The van der Waals surface area contributed by atoms with Crippen molar-refractivity contribution >= 4 is 0 Å². The fourth-order valence-electron chi connectivity index (χ4n) is 1.48. The molecular formula is C13H16F2O3. The zero-order valence-corrected chi connectivity index (χ0v) is 9.80. The van der Waals surface area contributed by atoms with Gasteiger partial charge in [-0.2, -0.15) is 4.94 Å². The first-order valence-electron chi connectivity index (χ1n) is 5.65. The summed E-state index contributed by atoms with van der Waals surface area (Å²) in [4.78, 5) is 3.27. The molecule has 2 atom stereocenters. The standard InChI is InChI=1S/C7H6F2O.C6H10O2/c8-7-4-2-1-3-6(7)5-10-9;7-5-3-1-2-4-6(5)8/h1-4H,5H2;1,3,5-8H,2,4H2/t;5-,6?/m.1/s1. The topological polar surface area (TPSA) is 49.7 Å². The van der Waals surface area contributed by atoms with Gasteiger partial charge in [-0.3, -0.25) is 0 Å². The summed E-state index contributed by atoms with van der Waals surface area (Å²) in [6.45, 7) is -0.327. The Labute approximate surface area is 104 Å². The molecule has 1 unspecified atom stereocenters. The first-order chi connectivity index (χ1) is 8.65. The van der Waals surface area contributed by atoms with Gasteiger partial charge in [-0.1, -0.05) is 30.4 Å². The van der Waals surface area contributed by atoms with Crippen molar-refractivity contribution in [2.75, 3.05) is 0 Å². The number of aliphatic hydroxyl groups excluding tert-OH is 2. The maximum absolute atomic E-state index is 12.5. The minimum atomic E-state index is -0.622. The lowest BCUT2D eigenvalue weighted by Gasteiger charge is -2.16. The molecule has 0 bridgehead atoms. The van der Waals surface area contributed by atoms with Crippen molar-refractivity contribution in [2.24, 2.45) is 0 Å². The highest BCUT2D eigenvalue weighted by Gasteiger charge is 2.14. The molecule has 0 aliphatic heterocycles. The Morgan fingerprint density at radius 3 is 2.50 bits per heavy atom. The van der Waals surface area contributed by atoms with Crippen LogP contribution in [0.5, 0.6) is 0 Å². The van der Waals surface area contributed by atoms with Gasteiger partial charge in [0.15, 0.2) is 0 Å². The molecule has 0 radical (unpaired) electrons. The van der Waals surface area contributed by atoms with Gasteiger partial charge in [0.1, 0.15) is 12.4 Å². The largest absolute Gasteiger partial charge is 0.390 e. The van der Waals surface area contributed by atoms with E-state index < -0.39 is 18.0 Å². The molecule has 1 aliphatic carbocycles. The summed E-state index contributed by atoms with van der Waals surface area (Å²) in [5.41, 5.74) is 0.227. The lowest BCUT2D eigenvalue weighted by molar-refractivity contribution is -0.144. The Balaban J connectivity index is 0.000000184. The zero-order valence-electron chi connectivity index (χ0n) is 9.80. The van der Waals surface area contributed by atoms with Gasteiger partial charge in [-0.15, -0.1) is 0 Å². The molecule has 0 heterocycles. The molecule has 1 aromatic carbocycles. The van der Waals surface area contributed by atoms with Gasteiger partial charge in [0.2, 0.25) is 0 Å². The van der Waals surface area contributed by atoms with Crippen LogP contribution in [0.2, 0.25) is 0 Å². The summed E-state index contributed by atoms with van der Waals surface area (Å²) in [5, 5.41) is 17.7. The molecule has 1 aliphatic rings. The van der Waals surface area contributed by atoms with Gasteiger partial charge in [0.05, 0.1) is 12.2 Å². The Hall–Kier alpha value is -1.30. The van der Waals surface area contributed by atoms with E-state index in [1.165, 1.54) is 18.2 Å². The van der Waals surface area contributed by atoms with Crippen LogP contribution in [0, 0.1) is 5.82 Å². The van der Waals surface area contributed by atoms with Crippen molar-refractivity contribution < 1.29 is 24.1 Å². The Bertz CT molecular complexity index is 382. The number of hydrogen-bond acceptors (Lipinski definition) is 3.